The highest BCUT2D eigenvalue weighted by Gasteiger charge is 2.01. The van der Waals surface area contributed by atoms with E-state index < -0.39 is 0 Å². The van der Waals surface area contributed by atoms with Crippen LogP contribution in [0.25, 0.3) is 11.6 Å². The fraction of sp³-hybridized carbons (Fsp3) is 0. The zero-order valence-corrected chi connectivity index (χ0v) is 6.83. The third kappa shape index (κ3) is 1.12. The average molecular weight is 154 g/mol. The molecule has 1 aromatic carbocycles. The lowest BCUT2D eigenvalue weighted by Crippen LogP contribution is -1.82. The first kappa shape index (κ1) is 7.11. The highest BCUT2D eigenvalue weighted by atomic mass is 14.1. The Kier molecular flexibility index (Phi) is 1.67. The zero-order chi connectivity index (χ0) is 8.39. The third-order valence-corrected chi connectivity index (χ3v) is 1.99. The Balaban J connectivity index is 2.64. The van der Waals surface area contributed by atoms with Gasteiger partial charge in [0.2, 0.25) is 0 Å². The van der Waals surface area contributed by atoms with E-state index in [0.717, 1.165) is 5.57 Å². The summed E-state index contributed by atoms with van der Waals surface area (Å²) in [6.45, 7) is 3.99. The first-order chi connectivity index (χ1) is 5.88. The summed E-state index contributed by atoms with van der Waals surface area (Å²) < 4.78 is 0. The Bertz CT molecular complexity index is 367. The summed E-state index contributed by atoms with van der Waals surface area (Å²) in [6, 6.07) is 8.28. The summed E-state index contributed by atoms with van der Waals surface area (Å²) >= 11 is 0. The average Bonchev–Trinajstić information content (AvgIpc) is 2.29. The molecule has 0 N–H and O–H groups in total. The van der Waals surface area contributed by atoms with E-state index in [0.29, 0.717) is 0 Å². The largest absolute Gasteiger partial charge is 0.0911 e. The normalized spacial score (nSPS) is 14.2. The Morgan fingerprint density at radius 1 is 0.917 bits per heavy atom. The molecule has 0 nitrogen and oxygen atoms in total. The van der Waals surface area contributed by atoms with E-state index in [2.05, 4.69) is 24.8 Å². The van der Waals surface area contributed by atoms with Gasteiger partial charge in [-0.1, -0.05) is 55.1 Å². The minimum Gasteiger partial charge on any atom is -0.0911 e. The van der Waals surface area contributed by atoms with Crippen LogP contribution in [0, 0.1) is 0 Å². The van der Waals surface area contributed by atoms with Crippen molar-refractivity contribution in [1.82, 2.24) is 0 Å². The maximum Gasteiger partial charge on any atom is -0.0117 e. The fourth-order valence-electron chi connectivity index (χ4n) is 1.36. The molecule has 0 atom stereocenters. The minimum atomic E-state index is 1.08. The summed E-state index contributed by atoms with van der Waals surface area (Å²) in [6.07, 6.45) is 8.19. The second-order valence-corrected chi connectivity index (χ2v) is 2.83. The van der Waals surface area contributed by atoms with Gasteiger partial charge < -0.3 is 0 Å². The van der Waals surface area contributed by atoms with E-state index in [4.69, 9.17) is 0 Å². The maximum absolute atomic E-state index is 3.99. The molecule has 58 valence electrons. The van der Waals surface area contributed by atoms with E-state index >= 15 is 0 Å². The van der Waals surface area contributed by atoms with Crippen LogP contribution in [0.2, 0.25) is 0 Å². The standard InChI is InChI=1S/C12H10/c1-10-6-2-3-7-11-8-4-5-9-12(10)11/h2-9H,1H2. The van der Waals surface area contributed by atoms with Gasteiger partial charge in [-0.05, 0) is 16.7 Å². The van der Waals surface area contributed by atoms with Gasteiger partial charge in [0.25, 0.3) is 0 Å². The second kappa shape index (κ2) is 2.82. The lowest BCUT2D eigenvalue weighted by Gasteiger charge is -2.02. The van der Waals surface area contributed by atoms with Crippen molar-refractivity contribution in [3.8, 4) is 0 Å². The highest BCUT2D eigenvalue weighted by molar-refractivity contribution is 5.81. The molecule has 0 spiro atoms. The minimum absolute atomic E-state index is 1.08. The summed E-state index contributed by atoms with van der Waals surface area (Å²) in [5.74, 6) is 0. The highest BCUT2D eigenvalue weighted by Crippen LogP contribution is 2.22. The van der Waals surface area contributed by atoms with Crippen LogP contribution >= 0.6 is 0 Å². The first-order valence-electron chi connectivity index (χ1n) is 4.01. The van der Waals surface area contributed by atoms with Crippen molar-refractivity contribution in [2.24, 2.45) is 0 Å². The van der Waals surface area contributed by atoms with E-state index in [1.54, 1.807) is 0 Å². The van der Waals surface area contributed by atoms with Gasteiger partial charge >= 0.3 is 0 Å². The number of hydrogen-bond acceptors (Lipinski definition) is 0. The van der Waals surface area contributed by atoms with E-state index in [9.17, 15) is 0 Å². The van der Waals surface area contributed by atoms with Crippen molar-refractivity contribution in [2.45, 2.75) is 0 Å². The van der Waals surface area contributed by atoms with E-state index in [-0.39, 0.29) is 0 Å². The van der Waals surface area contributed by atoms with Crippen LogP contribution in [0.4, 0.5) is 0 Å². The maximum atomic E-state index is 3.99. The molecular formula is C12H10. The number of hydrogen-bond donors (Lipinski definition) is 0. The van der Waals surface area contributed by atoms with Crippen LogP contribution in [0.15, 0.2) is 49.1 Å². The summed E-state index contributed by atoms with van der Waals surface area (Å²) in [7, 11) is 0. The van der Waals surface area contributed by atoms with Crippen LogP contribution in [0.1, 0.15) is 11.1 Å². The molecule has 0 saturated heterocycles. The van der Waals surface area contributed by atoms with Crippen molar-refractivity contribution in [3.63, 3.8) is 0 Å². The Morgan fingerprint density at radius 2 is 1.67 bits per heavy atom. The topological polar surface area (TPSA) is 0 Å². The molecule has 0 heteroatoms. The Labute approximate surface area is 72.5 Å². The van der Waals surface area contributed by atoms with Gasteiger partial charge in [0.05, 0.1) is 0 Å². The summed E-state index contributed by atoms with van der Waals surface area (Å²) in [5, 5.41) is 0. The van der Waals surface area contributed by atoms with Crippen LogP contribution in [0.5, 0.6) is 0 Å². The third-order valence-electron chi connectivity index (χ3n) is 1.99. The molecule has 0 heterocycles. The molecule has 1 aromatic rings. The molecule has 12 heavy (non-hydrogen) atoms. The van der Waals surface area contributed by atoms with Crippen molar-refractivity contribution >= 4 is 11.6 Å². The number of allylic oxidation sites excluding steroid dienone is 4. The van der Waals surface area contributed by atoms with Crippen molar-refractivity contribution in [3.05, 3.63) is 60.2 Å². The van der Waals surface area contributed by atoms with Crippen molar-refractivity contribution < 1.29 is 0 Å². The van der Waals surface area contributed by atoms with Gasteiger partial charge in [-0.25, -0.2) is 0 Å². The number of benzene rings is 1. The van der Waals surface area contributed by atoms with Gasteiger partial charge in [0.15, 0.2) is 0 Å². The Hall–Kier alpha value is -1.56. The molecular weight excluding hydrogens is 144 g/mol. The Morgan fingerprint density at radius 3 is 2.58 bits per heavy atom. The van der Waals surface area contributed by atoms with Gasteiger partial charge in [-0.2, -0.15) is 0 Å². The van der Waals surface area contributed by atoms with Crippen molar-refractivity contribution in [2.75, 3.05) is 0 Å². The summed E-state index contributed by atoms with van der Waals surface area (Å²) in [4.78, 5) is 0. The first-order valence-corrected chi connectivity index (χ1v) is 4.01. The zero-order valence-electron chi connectivity index (χ0n) is 6.83. The molecule has 0 unspecified atom stereocenters. The van der Waals surface area contributed by atoms with Gasteiger partial charge in [-0.3, -0.25) is 0 Å². The van der Waals surface area contributed by atoms with Crippen LogP contribution in [-0.4, -0.2) is 0 Å². The monoisotopic (exact) mass is 154 g/mol. The SMILES string of the molecule is C=C1C=CC=Cc2ccccc21. The predicted molar refractivity (Wildman–Crippen MR) is 53.7 cm³/mol. The smallest absolute Gasteiger partial charge is 0.0117 e. The quantitative estimate of drug-likeness (QED) is 0.538. The summed E-state index contributed by atoms with van der Waals surface area (Å²) in [5.41, 5.74) is 3.55. The molecule has 0 fully saturated rings. The molecule has 1 aliphatic carbocycles. The van der Waals surface area contributed by atoms with Crippen LogP contribution < -0.4 is 0 Å². The molecule has 2 rings (SSSR count). The molecule has 0 aromatic heterocycles. The lowest BCUT2D eigenvalue weighted by atomic mass is 10.0. The van der Waals surface area contributed by atoms with E-state index in [1.165, 1.54) is 11.1 Å². The van der Waals surface area contributed by atoms with Crippen molar-refractivity contribution in [1.29, 1.82) is 0 Å². The van der Waals surface area contributed by atoms with Crippen LogP contribution in [0.3, 0.4) is 0 Å². The van der Waals surface area contributed by atoms with Crippen LogP contribution in [-0.2, 0) is 0 Å². The van der Waals surface area contributed by atoms with E-state index in [1.807, 2.05) is 30.4 Å². The second-order valence-electron chi connectivity index (χ2n) is 2.83. The fourth-order valence-corrected chi connectivity index (χ4v) is 1.36. The number of fused-ring (bicyclic) bond motifs is 1. The van der Waals surface area contributed by atoms with Gasteiger partial charge in [0, 0.05) is 0 Å². The molecule has 0 bridgehead atoms. The predicted octanol–water partition coefficient (Wildman–Crippen LogP) is 3.28. The lowest BCUT2D eigenvalue weighted by molar-refractivity contribution is 1.59. The molecule has 0 amide bonds. The number of rotatable bonds is 0. The molecule has 0 aliphatic heterocycles. The van der Waals surface area contributed by atoms with Gasteiger partial charge in [0.1, 0.15) is 0 Å². The molecule has 0 radical (unpaired) electrons. The van der Waals surface area contributed by atoms with Gasteiger partial charge in [-0.15, -0.1) is 0 Å². The molecule has 0 saturated carbocycles. The molecule has 1 aliphatic rings.